The monoisotopic (exact) mass is 474 g/mol. The van der Waals surface area contributed by atoms with Crippen LogP contribution >= 0.6 is 11.3 Å². The quantitative estimate of drug-likeness (QED) is 0.451. The Kier molecular flexibility index (Phi) is 5.09. The number of hydrogen-bond donors (Lipinski definition) is 2. The topological polar surface area (TPSA) is 94.4 Å². The summed E-state index contributed by atoms with van der Waals surface area (Å²) in [5, 5.41) is 8.93. The Morgan fingerprint density at radius 2 is 2.00 bits per heavy atom. The van der Waals surface area contributed by atoms with Crippen molar-refractivity contribution in [1.29, 1.82) is 0 Å². The van der Waals surface area contributed by atoms with E-state index in [4.69, 9.17) is 4.98 Å². The van der Waals surface area contributed by atoms with Crippen molar-refractivity contribution < 1.29 is 0 Å². The van der Waals surface area contributed by atoms with Gasteiger partial charge < -0.3 is 20.1 Å². The molecule has 2 N–H and O–H groups in total. The summed E-state index contributed by atoms with van der Waals surface area (Å²) in [4.78, 5) is 28.7. The molecule has 0 radical (unpaired) electrons. The van der Waals surface area contributed by atoms with Gasteiger partial charge in [-0.2, -0.15) is 9.61 Å². The van der Waals surface area contributed by atoms with E-state index < -0.39 is 0 Å². The van der Waals surface area contributed by atoms with Gasteiger partial charge in [0.2, 0.25) is 0 Å². The van der Waals surface area contributed by atoms with Gasteiger partial charge in [0.25, 0.3) is 0 Å². The molecule has 2 aliphatic rings. The van der Waals surface area contributed by atoms with Crippen LogP contribution in [0.15, 0.2) is 35.4 Å². The summed E-state index contributed by atoms with van der Waals surface area (Å²) >= 11 is 1.15. The van der Waals surface area contributed by atoms with Gasteiger partial charge in [0.05, 0.1) is 16.1 Å². The zero-order chi connectivity index (χ0) is 23.2. The minimum atomic E-state index is -0.112. The number of hydrogen-bond acceptors (Lipinski definition) is 8. The van der Waals surface area contributed by atoms with Gasteiger partial charge in [-0.1, -0.05) is 24.0 Å². The van der Waals surface area contributed by atoms with Crippen molar-refractivity contribution in [2.45, 2.75) is 25.8 Å². The first-order valence-electron chi connectivity index (χ1n) is 11.5. The second kappa shape index (κ2) is 8.28. The summed E-state index contributed by atoms with van der Waals surface area (Å²) in [6.45, 7) is 9.56. The SMILES string of the molecule is C=c1[nH]c(=O)s/c1=C\c1cnn2c(NC3CC3)c(C)c(N3CCN(c4ccccn4)CC3)nc12. The number of thiazole rings is 1. The molecule has 174 valence electrons. The van der Waals surface area contributed by atoms with Crippen LogP contribution in [0.1, 0.15) is 24.0 Å². The lowest BCUT2D eigenvalue weighted by atomic mass is 10.2. The molecular weight excluding hydrogens is 448 g/mol. The number of H-pyrrole nitrogens is 1. The minimum Gasteiger partial charge on any atom is -0.367 e. The molecule has 0 bridgehead atoms. The van der Waals surface area contributed by atoms with Crippen LogP contribution < -0.4 is 29.9 Å². The third-order valence-corrected chi connectivity index (χ3v) is 7.27. The molecule has 9 nitrogen and oxygen atoms in total. The van der Waals surface area contributed by atoms with Gasteiger partial charge in [-0.25, -0.2) is 9.97 Å². The third kappa shape index (κ3) is 3.83. The molecule has 0 spiro atoms. The summed E-state index contributed by atoms with van der Waals surface area (Å²) < 4.78 is 2.69. The van der Waals surface area contributed by atoms with Crippen LogP contribution in [0.25, 0.3) is 18.3 Å². The third-order valence-electron chi connectivity index (χ3n) is 6.40. The normalized spacial score (nSPS) is 17.0. The standard InChI is InChI=1S/C24H26N8OS/c1-15-21(31-11-9-30(10-12-31)20-5-3-4-8-25-20)29-23-17(13-19-16(2)27-24(33)34-19)14-26-32(23)22(15)28-18-6-7-18/h3-5,8,13-14,18,28H,2,6-7,9-12H2,1H3,(H,27,33)/b19-13-. The summed E-state index contributed by atoms with van der Waals surface area (Å²) in [5.74, 6) is 2.98. The van der Waals surface area contributed by atoms with Crippen molar-refractivity contribution in [3.05, 3.63) is 61.3 Å². The van der Waals surface area contributed by atoms with Gasteiger partial charge in [0.15, 0.2) is 5.65 Å². The molecule has 0 aromatic carbocycles. The average molecular weight is 475 g/mol. The number of rotatable bonds is 5. The maximum Gasteiger partial charge on any atom is 0.305 e. The van der Waals surface area contributed by atoms with E-state index >= 15 is 0 Å². The number of piperazine rings is 1. The zero-order valence-electron chi connectivity index (χ0n) is 19.0. The highest BCUT2D eigenvalue weighted by Gasteiger charge is 2.27. The first kappa shape index (κ1) is 20.9. The first-order valence-corrected chi connectivity index (χ1v) is 12.3. The second-order valence-electron chi connectivity index (χ2n) is 8.83. The molecule has 4 aromatic heterocycles. The minimum absolute atomic E-state index is 0.112. The van der Waals surface area contributed by atoms with E-state index in [9.17, 15) is 4.79 Å². The number of fused-ring (bicyclic) bond motifs is 1. The van der Waals surface area contributed by atoms with Gasteiger partial charge in [-0.3, -0.25) is 4.79 Å². The van der Waals surface area contributed by atoms with Crippen molar-refractivity contribution >= 4 is 47.1 Å². The molecule has 1 aliphatic heterocycles. The number of nitrogens with zero attached hydrogens (tertiary/aromatic N) is 6. The van der Waals surface area contributed by atoms with E-state index in [0.29, 0.717) is 11.4 Å². The van der Waals surface area contributed by atoms with E-state index in [2.05, 4.69) is 49.8 Å². The van der Waals surface area contributed by atoms with Crippen molar-refractivity contribution in [3.63, 3.8) is 0 Å². The Morgan fingerprint density at radius 3 is 2.68 bits per heavy atom. The molecule has 2 fully saturated rings. The number of pyridine rings is 1. The summed E-state index contributed by atoms with van der Waals surface area (Å²) in [7, 11) is 0. The van der Waals surface area contributed by atoms with E-state index in [1.807, 2.05) is 35.1 Å². The fourth-order valence-electron chi connectivity index (χ4n) is 4.40. The van der Waals surface area contributed by atoms with Crippen LogP contribution in [0.4, 0.5) is 17.5 Å². The zero-order valence-corrected chi connectivity index (χ0v) is 19.8. The largest absolute Gasteiger partial charge is 0.367 e. The molecule has 10 heteroatoms. The molecule has 6 rings (SSSR count). The van der Waals surface area contributed by atoms with Crippen LogP contribution in [-0.2, 0) is 0 Å². The molecular formula is C24H26N8OS. The fourth-order valence-corrected chi connectivity index (χ4v) is 5.13. The summed E-state index contributed by atoms with van der Waals surface area (Å²) in [5.41, 5.74) is 2.74. The number of anilines is 3. The average Bonchev–Trinajstić information content (AvgIpc) is 3.50. The molecule has 0 unspecified atom stereocenters. The molecule has 1 aliphatic carbocycles. The molecule has 5 heterocycles. The van der Waals surface area contributed by atoms with Gasteiger partial charge in [-0.05, 0) is 38.0 Å². The lowest BCUT2D eigenvalue weighted by Crippen LogP contribution is -2.47. The van der Waals surface area contributed by atoms with Gasteiger partial charge >= 0.3 is 4.87 Å². The maximum absolute atomic E-state index is 11.8. The molecule has 34 heavy (non-hydrogen) atoms. The molecule has 1 saturated heterocycles. The van der Waals surface area contributed by atoms with Gasteiger partial charge in [0, 0.05) is 49.5 Å². The highest BCUT2D eigenvalue weighted by molar-refractivity contribution is 7.07. The van der Waals surface area contributed by atoms with Crippen molar-refractivity contribution in [2.75, 3.05) is 41.3 Å². The van der Waals surface area contributed by atoms with E-state index in [-0.39, 0.29) is 4.87 Å². The highest BCUT2D eigenvalue weighted by atomic mass is 32.1. The van der Waals surface area contributed by atoms with Gasteiger partial charge in [0.1, 0.15) is 17.5 Å². The Bertz CT molecular complexity index is 1510. The van der Waals surface area contributed by atoms with E-state index in [0.717, 1.165) is 76.3 Å². The van der Waals surface area contributed by atoms with E-state index in [1.165, 1.54) is 12.8 Å². The van der Waals surface area contributed by atoms with Crippen LogP contribution in [0.5, 0.6) is 0 Å². The van der Waals surface area contributed by atoms with Crippen LogP contribution in [0.3, 0.4) is 0 Å². The lowest BCUT2D eigenvalue weighted by Gasteiger charge is -2.37. The van der Waals surface area contributed by atoms with Crippen molar-refractivity contribution in [2.24, 2.45) is 0 Å². The number of aromatic nitrogens is 5. The Morgan fingerprint density at radius 1 is 1.21 bits per heavy atom. The molecule has 1 saturated carbocycles. The Hall–Kier alpha value is -3.66. The molecule has 4 aromatic rings. The van der Waals surface area contributed by atoms with Crippen LogP contribution in [-0.4, -0.2) is 56.8 Å². The predicted octanol–water partition coefficient (Wildman–Crippen LogP) is 1.32. The first-order chi connectivity index (χ1) is 16.6. The predicted molar refractivity (Wildman–Crippen MR) is 136 cm³/mol. The Labute approximate surface area is 200 Å². The summed E-state index contributed by atoms with van der Waals surface area (Å²) in [6.07, 6.45) is 7.94. The highest BCUT2D eigenvalue weighted by Crippen LogP contribution is 2.32. The van der Waals surface area contributed by atoms with Crippen molar-refractivity contribution in [3.8, 4) is 0 Å². The van der Waals surface area contributed by atoms with Crippen LogP contribution in [0.2, 0.25) is 0 Å². The smallest absolute Gasteiger partial charge is 0.305 e. The maximum atomic E-state index is 11.8. The number of aromatic amines is 1. The van der Waals surface area contributed by atoms with E-state index in [1.54, 1.807) is 0 Å². The fraction of sp³-hybridized carbons (Fsp3) is 0.333. The molecule has 0 amide bonds. The van der Waals surface area contributed by atoms with Crippen molar-refractivity contribution in [1.82, 2.24) is 24.6 Å². The van der Waals surface area contributed by atoms with Crippen LogP contribution in [0, 0.1) is 6.92 Å². The number of nitrogens with one attached hydrogen (secondary N) is 2. The lowest BCUT2D eigenvalue weighted by molar-refractivity contribution is 0.640. The molecule has 0 atom stereocenters. The van der Waals surface area contributed by atoms with Gasteiger partial charge in [-0.15, -0.1) is 0 Å². The second-order valence-corrected chi connectivity index (χ2v) is 9.84. The summed E-state index contributed by atoms with van der Waals surface area (Å²) in [6, 6.07) is 6.51. The Balaban J connectivity index is 1.40.